The van der Waals surface area contributed by atoms with Crippen LogP contribution in [0, 0.1) is 11.3 Å². The fourth-order valence-corrected chi connectivity index (χ4v) is 6.25. The number of hydrogen-bond acceptors (Lipinski definition) is 9. The molecule has 0 aromatic heterocycles. The third-order valence-corrected chi connectivity index (χ3v) is 8.88. The summed E-state index contributed by atoms with van der Waals surface area (Å²) < 4.78 is 36.4. The largest absolute Gasteiger partial charge is 0.497 e. The van der Waals surface area contributed by atoms with Crippen molar-refractivity contribution in [3.63, 3.8) is 0 Å². The van der Waals surface area contributed by atoms with Crippen molar-refractivity contribution >= 4 is 45.8 Å². The van der Waals surface area contributed by atoms with Gasteiger partial charge in [0.05, 0.1) is 18.1 Å². The molecule has 1 heterocycles. The molecule has 38 heavy (non-hydrogen) atoms. The Kier molecular flexibility index (Phi) is 12.5. The number of nitrogens with one attached hydrogen (secondary N) is 2. The molecule has 1 aliphatic rings. The summed E-state index contributed by atoms with van der Waals surface area (Å²) in [5, 5.41) is 23.8. The molecule has 0 aliphatic carbocycles. The summed E-state index contributed by atoms with van der Waals surface area (Å²) >= 11 is 7.64. The Balaban J connectivity index is 0.00000507. The number of nitrogens with zero attached hydrogens (tertiary/aromatic N) is 2. The normalized spacial score (nSPS) is 19.2. The number of rotatable bonds is 12. The minimum absolute atomic E-state index is 0. The van der Waals surface area contributed by atoms with Crippen LogP contribution in [0.4, 0.5) is 0 Å². The zero-order valence-corrected chi connectivity index (χ0v) is 24.7. The molecule has 0 radical (unpaired) electrons. The average molecular weight is 606 g/mol. The summed E-state index contributed by atoms with van der Waals surface area (Å²) in [6.45, 7) is 4.89. The summed E-state index contributed by atoms with van der Waals surface area (Å²) in [7, 11) is -2.24. The fraction of sp³-hybridized carbons (Fsp3) is 0.480. The van der Waals surface area contributed by atoms with E-state index in [0.29, 0.717) is 24.6 Å². The highest BCUT2D eigenvalue weighted by Gasteiger charge is 2.33. The van der Waals surface area contributed by atoms with Crippen molar-refractivity contribution in [3.8, 4) is 17.6 Å². The second kappa shape index (κ2) is 14.6. The predicted octanol–water partition coefficient (Wildman–Crippen LogP) is 3.17. The topological polar surface area (TPSA) is 124 Å². The van der Waals surface area contributed by atoms with E-state index >= 15 is 0 Å². The first-order valence-electron chi connectivity index (χ1n) is 11.8. The zero-order valence-electron chi connectivity index (χ0n) is 21.5. The Morgan fingerprint density at radius 3 is 2.45 bits per heavy atom. The van der Waals surface area contributed by atoms with Crippen molar-refractivity contribution in [1.82, 2.24) is 15.2 Å². The molecule has 1 fully saturated rings. The highest BCUT2D eigenvalue weighted by molar-refractivity contribution is 8.00. The molecule has 0 amide bonds. The number of benzene rings is 2. The molecule has 9 nitrogen and oxygen atoms in total. The number of hydrogen-bond donors (Lipinski definition) is 3. The summed E-state index contributed by atoms with van der Waals surface area (Å²) in [6.07, 6.45) is 0.0119. The van der Waals surface area contributed by atoms with Gasteiger partial charge in [-0.05, 0) is 62.2 Å². The summed E-state index contributed by atoms with van der Waals surface area (Å²) in [6, 6.07) is 15.9. The van der Waals surface area contributed by atoms with Crippen molar-refractivity contribution in [3.05, 3.63) is 54.1 Å². The molecule has 3 rings (SSSR count). The first kappa shape index (κ1) is 32.5. The standard InChI is InChI=1S/C25H33ClN4O5S2.ClH/c1-25(2,14-18-4-6-20(34-3)7-5-18)28-16-19(31)17-35-21-8-10-22(11-9-21)37(32,33)29-30-12-13-36-23(15-27)24(30)26;/h4-11,19,23-24,28-29,31H,12-14,16-17H2,1-3H3;1H/t19-,23?,24?;/m1./s1. The van der Waals surface area contributed by atoms with Crippen molar-refractivity contribution in [2.75, 3.05) is 32.6 Å². The Bertz CT molecular complexity index is 1160. The number of sulfonamides is 1. The van der Waals surface area contributed by atoms with Crippen molar-refractivity contribution in [1.29, 1.82) is 5.26 Å². The van der Waals surface area contributed by atoms with Crippen LogP contribution < -0.4 is 19.6 Å². The highest BCUT2D eigenvalue weighted by atomic mass is 35.5. The van der Waals surface area contributed by atoms with E-state index in [2.05, 4.69) is 30.1 Å². The van der Waals surface area contributed by atoms with Gasteiger partial charge in [-0.2, -0.15) is 5.26 Å². The number of aliphatic hydroxyl groups excluding tert-OH is 1. The van der Waals surface area contributed by atoms with Gasteiger partial charge in [-0.15, -0.1) is 40.6 Å². The maximum absolute atomic E-state index is 12.8. The van der Waals surface area contributed by atoms with Crippen LogP contribution in [0.15, 0.2) is 53.4 Å². The lowest BCUT2D eigenvalue weighted by molar-refractivity contribution is 0.0988. The molecule has 2 unspecified atom stereocenters. The number of nitriles is 1. The number of halogens is 2. The van der Waals surface area contributed by atoms with Gasteiger partial charge < -0.3 is 19.9 Å². The van der Waals surface area contributed by atoms with Gasteiger partial charge in [0.1, 0.15) is 35.0 Å². The second-order valence-corrected chi connectivity index (χ2v) is 12.7. The van der Waals surface area contributed by atoms with Gasteiger partial charge in [0.15, 0.2) is 0 Å². The van der Waals surface area contributed by atoms with Crippen molar-refractivity contribution in [2.24, 2.45) is 0 Å². The van der Waals surface area contributed by atoms with E-state index < -0.39 is 26.9 Å². The molecule has 3 N–H and O–H groups in total. The summed E-state index contributed by atoms with van der Waals surface area (Å²) in [4.78, 5) is 2.50. The minimum Gasteiger partial charge on any atom is -0.497 e. The van der Waals surface area contributed by atoms with Crippen LogP contribution in [0.2, 0.25) is 0 Å². The molecule has 1 aliphatic heterocycles. The molecule has 0 bridgehead atoms. The van der Waals surface area contributed by atoms with Gasteiger partial charge in [0, 0.05) is 24.4 Å². The second-order valence-electron chi connectivity index (χ2n) is 9.31. The van der Waals surface area contributed by atoms with Gasteiger partial charge in [0.2, 0.25) is 0 Å². The van der Waals surface area contributed by atoms with Crippen molar-refractivity contribution in [2.45, 2.75) is 47.6 Å². The van der Waals surface area contributed by atoms with Gasteiger partial charge in [0.25, 0.3) is 10.0 Å². The SMILES string of the molecule is COc1ccc(CC(C)(C)NC[C@@H](O)COc2ccc(S(=O)(=O)NN3CCSC(C#N)C3Cl)cc2)cc1.Cl. The molecule has 13 heteroatoms. The van der Waals surface area contributed by atoms with E-state index in [9.17, 15) is 13.5 Å². The van der Waals surface area contributed by atoms with Crippen LogP contribution in [0.5, 0.6) is 11.5 Å². The van der Waals surface area contributed by atoms with Gasteiger partial charge in [-0.3, -0.25) is 0 Å². The average Bonchev–Trinajstić information content (AvgIpc) is 2.88. The van der Waals surface area contributed by atoms with E-state index in [1.165, 1.54) is 41.0 Å². The first-order valence-corrected chi connectivity index (χ1v) is 14.7. The predicted molar refractivity (Wildman–Crippen MR) is 152 cm³/mol. The zero-order chi connectivity index (χ0) is 27.1. The number of hydrazine groups is 1. The smallest absolute Gasteiger partial charge is 0.253 e. The van der Waals surface area contributed by atoms with Crippen LogP contribution in [0.1, 0.15) is 19.4 Å². The molecule has 1 saturated heterocycles. The monoisotopic (exact) mass is 604 g/mol. The number of aliphatic hydroxyl groups is 1. The van der Waals surface area contributed by atoms with Crippen LogP contribution in [-0.2, 0) is 16.4 Å². The molecular formula is C25H34Cl2N4O5S2. The Labute approximate surface area is 240 Å². The van der Waals surface area contributed by atoms with E-state index in [0.717, 1.165) is 17.7 Å². The lowest BCUT2D eigenvalue weighted by atomic mass is 9.94. The van der Waals surface area contributed by atoms with E-state index in [-0.39, 0.29) is 29.4 Å². The number of ether oxygens (including phenoxy) is 2. The highest BCUT2D eigenvalue weighted by Crippen LogP contribution is 2.27. The maximum Gasteiger partial charge on any atom is 0.253 e. The third kappa shape index (κ3) is 9.47. The molecule has 210 valence electrons. The van der Waals surface area contributed by atoms with Crippen LogP contribution >= 0.6 is 35.8 Å². The van der Waals surface area contributed by atoms with Crippen molar-refractivity contribution < 1.29 is 23.0 Å². The van der Waals surface area contributed by atoms with Crippen LogP contribution in [0.25, 0.3) is 0 Å². The molecule has 2 aromatic carbocycles. The van der Waals surface area contributed by atoms with Gasteiger partial charge in [-0.25, -0.2) is 13.4 Å². The van der Waals surface area contributed by atoms with E-state index in [4.69, 9.17) is 26.3 Å². The summed E-state index contributed by atoms with van der Waals surface area (Å²) in [5.74, 6) is 1.83. The molecule has 0 spiro atoms. The Hall–Kier alpha value is -1.75. The first-order chi connectivity index (χ1) is 17.5. The van der Waals surface area contributed by atoms with Gasteiger partial charge >= 0.3 is 0 Å². The molecule has 3 atom stereocenters. The van der Waals surface area contributed by atoms with Crippen LogP contribution in [0.3, 0.4) is 0 Å². The third-order valence-electron chi connectivity index (χ3n) is 5.74. The number of methoxy groups -OCH3 is 1. The van der Waals surface area contributed by atoms with Crippen LogP contribution in [-0.4, -0.2) is 73.5 Å². The number of thioether (sulfide) groups is 1. The molecule has 0 saturated carbocycles. The lowest BCUT2D eigenvalue weighted by Gasteiger charge is -2.33. The fourth-order valence-electron chi connectivity index (χ4n) is 3.72. The van der Waals surface area contributed by atoms with E-state index in [1.54, 1.807) is 7.11 Å². The summed E-state index contributed by atoms with van der Waals surface area (Å²) in [5.41, 5.74) is 0.137. The Morgan fingerprint density at radius 1 is 1.21 bits per heavy atom. The quantitative estimate of drug-likeness (QED) is 0.247. The molecular weight excluding hydrogens is 571 g/mol. The lowest BCUT2D eigenvalue weighted by Crippen LogP contribution is -2.53. The van der Waals surface area contributed by atoms with Gasteiger partial charge in [-0.1, -0.05) is 12.1 Å². The number of β-amino-alcohol motifs (C(OH)–C–C–N with tert-alkyl or cyclic N) is 1. The van der Waals surface area contributed by atoms with E-state index in [1.807, 2.05) is 24.3 Å². The molecule has 2 aromatic rings. The minimum atomic E-state index is -3.88. The number of alkyl halides is 1. The Morgan fingerprint density at radius 2 is 1.84 bits per heavy atom. The maximum atomic E-state index is 12.8.